The first-order chi connectivity index (χ1) is 8.81. The number of methoxy groups -OCH3 is 1. The van der Waals surface area contributed by atoms with Crippen LogP contribution < -0.4 is 20.5 Å². The third-order valence-corrected chi connectivity index (χ3v) is 4.01. The molecule has 0 bridgehead atoms. The van der Waals surface area contributed by atoms with E-state index < -0.39 is 22.0 Å². The molecule has 0 aliphatic heterocycles. The largest absolute Gasteiger partial charge is 0.495 e. The highest BCUT2D eigenvalue weighted by atomic mass is 32.2. The quantitative estimate of drug-likeness (QED) is 0.643. The Morgan fingerprint density at radius 3 is 2.58 bits per heavy atom. The lowest BCUT2D eigenvalue weighted by Crippen LogP contribution is -2.43. The number of ether oxygens (including phenoxy) is 1. The number of carbonyl (C=O) groups excluding carboxylic acids is 1. The standard InChI is InChI=1S/C11H17N3O4S/c1-7(11(15)13-2)14-19(16,17)10-6-8(12)4-5-9(10)18-3/h4-7,14H,12H2,1-3H3,(H,13,15). The molecule has 1 aromatic rings. The summed E-state index contributed by atoms with van der Waals surface area (Å²) < 4.78 is 31.6. The minimum absolute atomic E-state index is 0.106. The summed E-state index contributed by atoms with van der Waals surface area (Å²) in [6, 6.07) is 3.35. The van der Waals surface area contributed by atoms with E-state index in [1.54, 1.807) is 0 Å². The number of hydrogen-bond acceptors (Lipinski definition) is 5. The Labute approximate surface area is 112 Å². The SMILES string of the molecule is CNC(=O)C(C)NS(=O)(=O)c1cc(N)ccc1OC. The summed E-state index contributed by atoms with van der Waals surface area (Å²) in [6.45, 7) is 1.44. The predicted octanol–water partition coefficient (Wildman–Crippen LogP) is -0.310. The van der Waals surface area contributed by atoms with Gasteiger partial charge in [0.15, 0.2) is 0 Å². The average Bonchev–Trinajstić information content (AvgIpc) is 2.37. The van der Waals surface area contributed by atoms with Gasteiger partial charge >= 0.3 is 0 Å². The average molecular weight is 287 g/mol. The van der Waals surface area contributed by atoms with Crippen LogP contribution in [0.15, 0.2) is 23.1 Å². The first-order valence-corrected chi connectivity index (χ1v) is 6.97. The molecule has 0 heterocycles. The number of benzene rings is 1. The van der Waals surface area contributed by atoms with Crippen LogP contribution in [0, 0.1) is 0 Å². The third kappa shape index (κ3) is 3.58. The molecule has 106 valence electrons. The molecule has 0 fully saturated rings. The van der Waals surface area contributed by atoms with E-state index in [2.05, 4.69) is 10.0 Å². The molecule has 0 saturated carbocycles. The Morgan fingerprint density at radius 2 is 2.05 bits per heavy atom. The predicted molar refractivity (Wildman–Crippen MR) is 71.3 cm³/mol. The zero-order chi connectivity index (χ0) is 14.6. The zero-order valence-corrected chi connectivity index (χ0v) is 11.7. The van der Waals surface area contributed by atoms with Crippen molar-refractivity contribution in [1.82, 2.24) is 10.0 Å². The van der Waals surface area contributed by atoms with Crippen molar-refractivity contribution in [3.05, 3.63) is 18.2 Å². The Bertz CT molecular complexity index is 571. The molecule has 0 radical (unpaired) electrons. The second-order valence-corrected chi connectivity index (χ2v) is 5.55. The molecule has 7 nitrogen and oxygen atoms in total. The number of nitrogen functional groups attached to an aromatic ring is 1. The van der Waals surface area contributed by atoms with Crippen LogP contribution in [-0.4, -0.2) is 34.5 Å². The molecule has 0 aromatic heterocycles. The Kier molecular flexibility index (Phi) is 4.73. The van der Waals surface area contributed by atoms with E-state index in [0.717, 1.165) is 0 Å². The molecular weight excluding hydrogens is 270 g/mol. The molecule has 4 N–H and O–H groups in total. The third-order valence-electron chi connectivity index (χ3n) is 2.45. The summed E-state index contributed by atoms with van der Waals surface area (Å²) in [5.74, 6) is -0.280. The fourth-order valence-electron chi connectivity index (χ4n) is 1.47. The zero-order valence-electron chi connectivity index (χ0n) is 10.9. The van der Waals surface area contributed by atoms with Gasteiger partial charge in [0, 0.05) is 12.7 Å². The summed E-state index contributed by atoms with van der Waals surface area (Å²) in [5, 5.41) is 2.36. The minimum Gasteiger partial charge on any atom is -0.495 e. The maximum absolute atomic E-state index is 12.2. The maximum Gasteiger partial charge on any atom is 0.245 e. The highest BCUT2D eigenvalue weighted by molar-refractivity contribution is 7.89. The van der Waals surface area contributed by atoms with Gasteiger partial charge in [0.1, 0.15) is 10.6 Å². The van der Waals surface area contributed by atoms with Crippen LogP contribution in [0.1, 0.15) is 6.92 Å². The molecule has 1 amide bonds. The van der Waals surface area contributed by atoms with Gasteiger partial charge in [-0.15, -0.1) is 0 Å². The van der Waals surface area contributed by atoms with Crippen molar-refractivity contribution in [2.45, 2.75) is 17.9 Å². The number of carbonyl (C=O) groups is 1. The van der Waals surface area contributed by atoms with Crippen molar-refractivity contribution in [3.63, 3.8) is 0 Å². The summed E-state index contributed by atoms with van der Waals surface area (Å²) in [7, 11) is -1.12. The number of rotatable bonds is 5. The van der Waals surface area contributed by atoms with Gasteiger partial charge in [-0.25, -0.2) is 8.42 Å². The van der Waals surface area contributed by atoms with Crippen LogP contribution in [0.4, 0.5) is 5.69 Å². The number of anilines is 1. The van der Waals surface area contributed by atoms with E-state index in [1.807, 2.05) is 0 Å². The lowest BCUT2D eigenvalue weighted by molar-refractivity contribution is -0.121. The van der Waals surface area contributed by atoms with Gasteiger partial charge in [-0.2, -0.15) is 4.72 Å². The van der Waals surface area contributed by atoms with Gasteiger partial charge in [-0.05, 0) is 25.1 Å². The van der Waals surface area contributed by atoms with Gasteiger partial charge in [0.05, 0.1) is 13.2 Å². The van der Waals surface area contributed by atoms with E-state index in [9.17, 15) is 13.2 Å². The molecule has 1 atom stereocenters. The fraction of sp³-hybridized carbons (Fsp3) is 0.364. The van der Waals surface area contributed by atoms with Crippen molar-refractivity contribution in [2.75, 3.05) is 19.9 Å². The first kappa shape index (κ1) is 15.3. The van der Waals surface area contributed by atoms with Crippen molar-refractivity contribution >= 4 is 21.6 Å². The number of nitrogens with one attached hydrogen (secondary N) is 2. The number of likely N-dealkylation sites (N-methyl/N-ethyl adjacent to an activating group) is 1. The van der Waals surface area contributed by atoms with Crippen LogP contribution in [-0.2, 0) is 14.8 Å². The van der Waals surface area contributed by atoms with E-state index in [-0.39, 0.29) is 16.3 Å². The molecule has 19 heavy (non-hydrogen) atoms. The van der Waals surface area contributed by atoms with Gasteiger partial charge in [0.2, 0.25) is 15.9 Å². The number of sulfonamides is 1. The number of amides is 1. The normalized spacial score (nSPS) is 12.8. The second-order valence-electron chi connectivity index (χ2n) is 3.87. The van der Waals surface area contributed by atoms with Crippen LogP contribution in [0.3, 0.4) is 0 Å². The highest BCUT2D eigenvalue weighted by Gasteiger charge is 2.24. The van der Waals surface area contributed by atoms with E-state index in [4.69, 9.17) is 10.5 Å². The summed E-state index contributed by atoms with van der Waals surface area (Å²) in [4.78, 5) is 11.2. The number of hydrogen-bond donors (Lipinski definition) is 3. The van der Waals surface area contributed by atoms with Crippen molar-refractivity contribution in [2.24, 2.45) is 0 Å². The Hall–Kier alpha value is -1.80. The highest BCUT2D eigenvalue weighted by Crippen LogP contribution is 2.25. The van der Waals surface area contributed by atoms with Gasteiger partial charge in [0.25, 0.3) is 0 Å². The molecule has 1 aromatic carbocycles. The van der Waals surface area contributed by atoms with Crippen LogP contribution >= 0.6 is 0 Å². The molecular formula is C11H17N3O4S. The molecule has 0 aliphatic rings. The lowest BCUT2D eigenvalue weighted by atomic mass is 10.3. The number of nitrogens with two attached hydrogens (primary N) is 1. The van der Waals surface area contributed by atoms with Crippen molar-refractivity contribution < 1.29 is 17.9 Å². The fourth-order valence-corrected chi connectivity index (χ4v) is 2.88. The van der Waals surface area contributed by atoms with Crippen LogP contribution in [0.25, 0.3) is 0 Å². The molecule has 8 heteroatoms. The van der Waals surface area contributed by atoms with Crippen LogP contribution in [0.5, 0.6) is 5.75 Å². The van der Waals surface area contributed by atoms with E-state index >= 15 is 0 Å². The lowest BCUT2D eigenvalue weighted by Gasteiger charge is -2.15. The summed E-state index contributed by atoms with van der Waals surface area (Å²) >= 11 is 0. The van der Waals surface area contributed by atoms with Gasteiger partial charge in [-0.1, -0.05) is 0 Å². The van der Waals surface area contributed by atoms with E-state index in [0.29, 0.717) is 0 Å². The second kappa shape index (κ2) is 5.89. The maximum atomic E-state index is 12.2. The molecule has 0 aliphatic carbocycles. The van der Waals surface area contributed by atoms with Gasteiger partial charge < -0.3 is 15.8 Å². The Balaban J connectivity index is 3.13. The molecule has 1 unspecified atom stereocenters. The topological polar surface area (TPSA) is 111 Å². The monoisotopic (exact) mass is 287 g/mol. The Morgan fingerprint density at radius 1 is 1.42 bits per heavy atom. The van der Waals surface area contributed by atoms with E-state index in [1.165, 1.54) is 39.3 Å². The molecule has 0 spiro atoms. The van der Waals surface area contributed by atoms with Crippen LogP contribution in [0.2, 0.25) is 0 Å². The summed E-state index contributed by atoms with van der Waals surface area (Å²) in [5.41, 5.74) is 5.85. The minimum atomic E-state index is -3.90. The smallest absolute Gasteiger partial charge is 0.245 e. The summed E-state index contributed by atoms with van der Waals surface area (Å²) in [6.07, 6.45) is 0. The molecule has 1 rings (SSSR count). The van der Waals surface area contributed by atoms with Gasteiger partial charge in [-0.3, -0.25) is 4.79 Å². The van der Waals surface area contributed by atoms with Crippen molar-refractivity contribution in [3.8, 4) is 5.75 Å². The molecule has 0 saturated heterocycles. The van der Waals surface area contributed by atoms with Crippen molar-refractivity contribution in [1.29, 1.82) is 0 Å². The first-order valence-electron chi connectivity index (χ1n) is 5.49.